The molecule has 0 radical (unpaired) electrons. The quantitative estimate of drug-likeness (QED) is 0.780. The number of ether oxygens (including phenoxy) is 1. The van der Waals surface area contributed by atoms with Crippen LogP contribution in [0.4, 0.5) is 5.82 Å². The molecule has 0 bridgehead atoms. The van der Waals surface area contributed by atoms with Crippen molar-refractivity contribution in [1.82, 2.24) is 10.3 Å². The predicted molar refractivity (Wildman–Crippen MR) is 83.2 cm³/mol. The van der Waals surface area contributed by atoms with Gasteiger partial charge in [-0.05, 0) is 52.9 Å². The smallest absolute Gasteiger partial charge is 0.267 e. The molecule has 0 unspecified atom stereocenters. The zero-order valence-corrected chi connectivity index (χ0v) is 12.6. The molecule has 6 nitrogen and oxygen atoms in total. The molecule has 0 atom stereocenters. The largest absolute Gasteiger partial charge is 0.494 e. The van der Waals surface area contributed by atoms with Crippen LogP contribution in [0.3, 0.4) is 0 Å². The lowest BCUT2D eigenvalue weighted by Crippen LogP contribution is -2.11. The molecule has 7 heteroatoms. The number of hydrogen-bond donors (Lipinski definition) is 1. The molecule has 112 valence electrons. The second-order valence-corrected chi connectivity index (χ2v) is 5.30. The van der Waals surface area contributed by atoms with Crippen LogP contribution in [0.1, 0.15) is 16.6 Å². The van der Waals surface area contributed by atoms with Crippen molar-refractivity contribution in [2.75, 3.05) is 11.9 Å². The van der Waals surface area contributed by atoms with E-state index in [1.54, 1.807) is 6.07 Å². The summed E-state index contributed by atoms with van der Waals surface area (Å²) in [6.07, 6.45) is 0. The highest BCUT2D eigenvalue weighted by molar-refractivity contribution is 7.12. The number of hydrogen-bond acceptors (Lipinski definition) is 6. The van der Waals surface area contributed by atoms with Gasteiger partial charge in [-0.3, -0.25) is 4.79 Å². The maximum absolute atomic E-state index is 12.1. The van der Waals surface area contributed by atoms with E-state index >= 15 is 0 Å². The topological polar surface area (TPSA) is 77.2 Å². The number of nitrogens with zero attached hydrogens (tertiary/aromatic N) is 2. The second kappa shape index (κ2) is 6.40. The van der Waals surface area contributed by atoms with Crippen molar-refractivity contribution in [1.29, 1.82) is 0 Å². The van der Waals surface area contributed by atoms with Gasteiger partial charge in [-0.15, -0.1) is 11.3 Å². The molecule has 0 fully saturated rings. The SMILES string of the molecule is CCOc1ccc(-c2nonc2NC(=O)c2cccs2)cc1. The summed E-state index contributed by atoms with van der Waals surface area (Å²) in [5.74, 6) is 0.826. The fraction of sp³-hybridized carbons (Fsp3) is 0.133. The van der Waals surface area contributed by atoms with E-state index in [0.717, 1.165) is 11.3 Å². The van der Waals surface area contributed by atoms with Gasteiger partial charge >= 0.3 is 0 Å². The standard InChI is InChI=1S/C15H13N3O3S/c1-2-20-11-7-5-10(6-8-11)13-14(18-21-17-13)16-15(19)12-4-3-9-22-12/h3-9H,2H2,1H3,(H,16,18,19). The van der Waals surface area contributed by atoms with Crippen molar-refractivity contribution in [3.63, 3.8) is 0 Å². The summed E-state index contributed by atoms with van der Waals surface area (Å²) in [6, 6.07) is 10.9. The van der Waals surface area contributed by atoms with Crippen molar-refractivity contribution in [3.8, 4) is 17.0 Å². The molecule has 1 N–H and O–H groups in total. The number of amides is 1. The van der Waals surface area contributed by atoms with Gasteiger partial charge in [-0.25, -0.2) is 4.63 Å². The van der Waals surface area contributed by atoms with Gasteiger partial charge in [-0.1, -0.05) is 6.07 Å². The maximum Gasteiger partial charge on any atom is 0.267 e. The molecule has 1 amide bonds. The van der Waals surface area contributed by atoms with E-state index in [1.807, 2.05) is 42.6 Å². The Morgan fingerprint density at radius 2 is 2.09 bits per heavy atom. The van der Waals surface area contributed by atoms with Gasteiger partial charge in [0.15, 0.2) is 5.69 Å². The normalized spacial score (nSPS) is 10.4. The van der Waals surface area contributed by atoms with Gasteiger partial charge in [0.05, 0.1) is 11.5 Å². The van der Waals surface area contributed by atoms with Gasteiger partial charge < -0.3 is 10.1 Å². The third-order valence-electron chi connectivity index (χ3n) is 2.90. The lowest BCUT2D eigenvalue weighted by Gasteiger charge is -2.04. The average Bonchev–Trinajstić information content (AvgIpc) is 3.19. The van der Waals surface area contributed by atoms with E-state index < -0.39 is 0 Å². The molecule has 22 heavy (non-hydrogen) atoms. The van der Waals surface area contributed by atoms with E-state index in [1.165, 1.54) is 11.3 Å². The van der Waals surface area contributed by atoms with E-state index in [0.29, 0.717) is 23.0 Å². The van der Waals surface area contributed by atoms with E-state index in [4.69, 9.17) is 9.37 Å². The van der Waals surface area contributed by atoms with Crippen LogP contribution in [0.15, 0.2) is 46.4 Å². The zero-order chi connectivity index (χ0) is 15.4. The van der Waals surface area contributed by atoms with Crippen LogP contribution in [0.5, 0.6) is 5.75 Å². The first-order chi connectivity index (χ1) is 10.8. The Morgan fingerprint density at radius 3 is 2.77 bits per heavy atom. The lowest BCUT2D eigenvalue weighted by molar-refractivity contribution is 0.102. The molecule has 0 aliphatic heterocycles. The number of aromatic nitrogens is 2. The third kappa shape index (κ3) is 2.99. The first-order valence-corrected chi connectivity index (χ1v) is 7.56. The molecule has 0 spiro atoms. The van der Waals surface area contributed by atoms with Gasteiger partial charge in [0.25, 0.3) is 5.91 Å². The Kier molecular flexibility index (Phi) is 4.15. The molecule has 3 aromatic rings. The summed E-state index contributed by atoms with van der Waals surface area (Å²) in [5, 5.41) is 12.2. The highest BCUT2D eigenvalue weighted by Gasteiger charge is 2.16. The van der Waals surface area contributed by atoms with Crippen LogP contribution >= 0.6 is 11.3 Å². The minimum atomic E-state index is -0.238. The molecule has 0 aliphatic rings. The van der Waals surface area contributed by atoms with Crippen LogP contribution in [-0.2, 0) is 0 Å². The maximum atomic E-state index is 12.1. The van der Waals surface area contributed by atoms with Crippen LogP contribution in [0.25, 0.3) is 11.3 Å². The third-order valence-corrected chi connectivity index (χ3v) is 3.77. The first kappa shape index (κ1) is 14.3. The number of benzene rings is 1. The second-order valence-electron chi connectivity index (χ2n) is 4.35. The summed E-state index contributed by atoms with van der Waals surface area (Å²) in [7, 11) is 0. The number of carbonyl (C=O) groups excluding carboxylic acids is 1. The molecule has 2 aromatic heterocycles. The summed E-state index contributed by atoms with van der Waals surface area (Å²) < 4.78 is 10.1. The monoisotopic (exact) mass is 315 g/mol. The lowest BCUT2D eigenvalue weighted by atomic mass is 10.1. The number of anilines is 1. The Labute approximate surface area is 130 Å². The Balaban J connectivity index is 1.81. The minimum Gasteiger partial charge on any atom is -0.494 e. The Hall–Kier alpha value is -2.67. The van der Waals surface area contributed by atoms with Crippen molar-refractivity contribution < 1.29 is 14.2 Å². The number of nitrogens with one attached hydrogen (secondary N) is 1. The summed E-state index contributed by atoms with van der Waals surface area (Å²) >= 11 is 1.35. The molecular formula is C15H13N3O3S. The van der Waals surface area contributed by atoms with Gasteiger partial charge in [0, 0.05) is 5.56 Å². The van der Waals surface area contributed by atoms with Gasteiger partial charge in [-0.2, -0.15) is 0 Å². The number of thiophene rings is 1. The van der Waals surface area contributed by atoms with E-state index in [2.05, 4.69) is 15.6 Å². The van der Waals surface area contributed by atoms with Crippen molar-refractivity contribution >= 4 is 23.1 Å². The molecule has 0 saturated heterocycles. The molecule has 0 saturated carbocycles. The minimum absolute atomic E-state index is 0.238. The van der Waals surface area contributed by atoms with Crippen LogP contribution in [-0.4, -0.2) is 22.8 Å². The first-order valence-electron chi connectivity index (χ1n) is 6.68. The predicted octanol–water partition coefficient (Wildman–Crippen LogP) is 3.45. The summed E-state index contributed by atoms with van der Waals surface area (Å²) in [6.45, 7) is 2.53. The van der Waals surface area contributed by atoms with Crippen LogP contribution in [0, 0.1) is 0 Å². The number of rotatable bonds is 5. The summed E-state index contributed by atoms with van der Waals surface area (Å²) in [5.41, 5.74) is 1.26. The van der Waals surface area contributed by atoms with Crippen molar-refractivity contribution in [2.45, 2.75) is 6.92 Å². The van der Waals surface area contributed by atoms with E-state index in [9.17, 15) is 4.79 Å². The fourth-order valence-corrected chi connectivity index (χ4v) is 2.53. The van der Waals surface area contributed by atoms with E-state index in [-0.39, 0.29) is 5.91 Å². The molecular weight excluding hydrogens is 302 g/mol. The molecule has 1 aromatic carbocycles. The van der Waals surface area contributed by atoms with Gasteiger partial charge in [0.1, 0.15) is 5.75 Å². The highest BCUT2D eigenvalue weighted by atomic mass is 32.1. The van der Waals surface area contributed by atoms with Crippen LogP contribution in [0.2, 0.25) is 0 Å². The van der Waals surface area contributed by atoms with Crippen LogP contribution < -0.4 is 10.1 Å². The molecule has 2 heterocycles. The van der Waals surface area contributed by atoms with Crippen molar-refractivity contribution in [2.24, 2.45) is 0 Å². The fourth-order valence-electron chi connectivity index (χ4n) is 1.91. The zero-order valence-electron chi connectivity index (χ0n) is 11.8. The highest BCUT2D eigenvalue weighted by Crippen LogP contribution is 2.26. The Morgan fingerprint density at radius 1 is 1.27 bits per heavy atom. The van der Waals surface area contributed by atoms with Crippen molar-refractivity contribution in [3.05, 3.63) is 46.7 Å². The summed E-state index contributed by atoms with van der Waals surface area (Å²) in [4.78, 5) is 12.7. The molecule has 3 rings (SSSR count). The molecule has 0 aliphatic carbocycles. The Bertz CT molecular complexity index is 751. The average molecular weight is 315 g/mol. The number of carbonyl (C=O) groups is 1. The van der Waals surface area contributed by atoms with Gasteiger partial charge in [0.2, 0.25) is 5.82 Å².